The molecular weight excluding hydrogens is 789 g/mol. The number of aromatic nitrogens is 1. The summed E-state index contributed by atoms with van der Waals surface area (Å²) in [6.07, 6.45) is 2.12. The highest BCUT2D eigenvalue weighted by atomic mass is 16.4. The smallest absolute Gasteiger partial charge is 0.326 e. The number of H-pyrrole nitrogens is 1. The number of amides is 6. The van der Waals surface area contributed by atoms with Gasteiger partial charge >= 0.3 is 11.9 Å². The molecule has 6 amide bonds. The number of fused-ring (bicyclic) bond motifs is 1. The Morgan fingerprint density at radius 2 is 1.25 bits per heavy atom. The van der Waals surface area contributed by atoms with Crippen LogP contribution < -0.4 is 37.6 Å². The first-order valence-corrected chi connectivity index (χ1v) is 20.5. The second-order valence-corrected chi connectivity index (χ2v) is 15.3. The summed E-state index contributed by atoms with van der Waals surface area (Å²) in [6, 6.07) is 8.95. The number of carbonyl (C=O) groups excluding carboxylic acids is 6. The van der Waals surface area contributed by atoms with Crippen LogP contribution in [0, 0.1) is 11.8 Å². The van der Waals surface area contributed by atoms with Crippen molar-refractivity contribution in [2.45, 2.75) is 116 Å². The van der Waals surface area contributed by atoms with Crippen LogP contribution in [0.25, 0.3) is 10.9 Å². The van der Waals surface area contributed by atoms with E-state index in [1.807, 2.05) is 54.6 Å². The van der Waals surface area contributed by atoms with Gasteiger partial charge in [0, 0.05) is 43.4 Å². The molecule has 0 bridgehead atoms. The number of aliphatic carboxylic acids is 2. The van der Waals surface area contributed by atoms with Crippen molar-refractivity contribution in [3.05, 3.63) is 71.9 Å². The van der Waals surface area contributed by atoms with Crippen LogP contribution in [-0.2, 0) is 51.2 Å². The topological polar surface area (TPSA) is 291 Å². The zero-order valence-corrected chi connectivity index (χ0v) is 35.3. The van der Waals surface area contributed by atoms with E-state index in [1.165, 1.54) is 6.92 Å². The van der Waals surface area contributed by atoms with Gasteiger partial charge in [0.15, 0.2) is 0 Å². The first kappa shape index (κ1) is 49.1. The molecule has 332 valence electrons. The fourth-order valence-corrected chi connectivity index (χ4v) is 6.64. The number of carboxylic acids is 2. The summed E-state index contributed by atoms with van der Waals surface area (Å²) in [5.41, 5.74) is 8.42. The van der Waals surface area contributed by atoms with Crippen molar-refractivity contribution in [2.24, 2.45) is 17.6 Å². The molecule has 18 nitrogen and oxygen atoms in total. The number of nitrogens with one attached hydrogen (secondary N) is 7. The normalized spacial score (nSPS) is 15.0. The van der Waals surface area contributed by atoms with Crippen molar-refractivity contribution in [1.29, 1.82) is 0 Å². The van der Waals surface area contributed by atoms with Gasteiger partial charge in [0.05, 0.1) is 12.5 Å². The van der Waals surface area contributed by atoms with E-state index in [9.17, 15) is 48.6 Å². The summed E-state index contributed by atoms with van der Waals surface area (Å²) in [5.74, 6) is -7.84. The first-order chi connectivity index (χ1) is 28.9. The molecule has 0 aliphatic heterocycles. The number of benzene rings is 2. The molecule has 0 aliphatic rings. The zero-order valence-electron chi connectivity index (χ0n) is 35.3. The van der Waals surface area contributed by atoms with Crippen LogP contribution in [0.4, 0.5) is 0 Å². The van der Waals surface area contributed by atoms with E-state index < -0.39 is 96.0 Å². The van der Waals surface area contributed by atoms with Crippen molar-refractivity contribution < 1.29 is 48.6 Å². The van der Waals surface area contributed by atoms with Gasteiger partial charge in [0.1, 0.15) is 30.2 Å². The largest absolute Gasteiger partial charge is 0.481 e. The number of hydrogen-bond donors (Lipinski definition) is 10. The average Bonchev–Trinajstić information content (AvgIpc) is 3.64. The lowest BCUT2D eigenvalue weighted by molar-refractivity contribution is -0.142. The van der Waals surface area contributed by atoms with E-state index in [2.05, 4.69) is 36.9 Å². The molecular formula is C43H60N8O10. The van der Waals surface area contributed by atoms with E-state index in [1.54, 1.807) is 33.9 Å². The molecule has 3 aromatic rings. The SMILES string of the molecule is CC[C@H](C)[C@H](NC(=O)[C@H](CC(=O)O)NC(=O)[C@H](N)CCCNC(=O)[C@H](Cc1ccccc1)NC(C)=O)C(=O)N[C@@H](C(=O)N[C@@H](Cc1c[nH]c2ccccc12)C(=O)O)[C@@H](C)CC. The third-order valence-corrected chi connectivity index (χ3v) is 10.6. The van der Waals surface area contributed by atoms with Crippen molar-refractivity contribution in [2.75, 3.05) is 6.54 Å². The van der Waals surface area contributed by atoms with Gasteiger partial charge in [-0.2, -0.15) is 0 Å². The molecule has 61 heavy (non-hydrogen) atoms. The summed E-state index contributed by atoms with van der Waals surface area (Å²) in [4.78, 5) is 106. The molecule has 0 saturated heterocycles. The molecule has 0 unspecified atom stereocenters. The van der Waals surface area contributed by atoms with E-state index >= 15 is 0 Å². The Bertz CT molecular complexity index is 1990. The molecule has 0 spiro atoms. The van der Waals surface area contributed by atoms with Gasteiger partial charge in [0.25, 0.3) is 0 Å². The highest BCUT2D eigenvalue weighted by Gasteiger charge is 2.36. The maximum Gasteiger partial charge on any atom is 0.326 e. The van der Waals surface area contributed by atoms with Crippen LogP contribution in [0.15, 0.2) is 60.8 Å². The minimum atomic E-state index is -1.64. The van der Waals surface area contributed by atoms with Gasteiger partial charge in [-0.3, -0.25) is 33.6 Å². The Labute approximate surface area is 354 Å². The standard InChI is InChI=1S/C43H60N8O10/c1-6-24(3)36(41(58)49-34(43(60)61)21-28-23-46-31-18-12-11-16-29(28)31)51-42(59)37(25(4)7-2)50-40(57)33(22-35(53)54)48-38(55)30(44)17-13-19-45-39(56)32(47-26(5)52)20-27-14-9-8-10-15-27/h8-12,14-16,18,23-25,30,32-34,36-37,46H,6-7,13,17,19-22,44H2,1-5H3,(H,45,56)(H,47,52)(H,48,55)(H,49,58)(H,50,57)(H,51,59)(H,53,54)(H,60,61)/t24-,25-,30+,32-,33-,34-,36+,37-/m0/s1. The molecule has 0 fully saturated rings. The van der Waals surface area contributed by atoms with Gasteiger partial charge in [0.2, 0.25) is 35.4 Å². The van der Waals surface area contributed by atoms with Crippen LogP contribution in [0.2, 0.25) is 0 Å². The minimum absolute atomic E-state index is 0.0374. The molecule has 0 saturated carbocycles. The second kappa shape index (κ2) is 24.1. The van der Waals surface area contributed by atoms with Crippen molar-refractivity contribution in [1.82, 2.24) is 36.9 Å². The van der Waals surface area contributed by atoms with Gasteiger partial charge in [-0.15, -0.1) is 0 Å². The summed E-state index contributed by atoms with van der Waals surface area (Å²) in [5, 5.41) is 36.0. The number of rotatable bonds is 25. The summed E-state index contributed by atoms with van der Waals surface area (Å²) < 4.78 is 0. The molecule has 1 heterocycles. The Kier molecular flexibility index (Phi) is 19.4. The maximum atomic E-state index is 13.9. The van der Waals surface area contributed by atoms with E-state index in [0.29, 0.717) is 18.4 Å². The van der Waals surface area contributed by atoms with E-state index in [-0.39, 0.29) is 38.1 Å². The van der Waals surface area contributed by atoms with Crippen molar-refractivity contribution >= 4 is 58.3 Å². The molecule has 1 aromatic heterocycles. The maximum absolute atomic E-state index is 13.9. The van der Waals surface area contributed by atoms with Gasteiger partial charge in [-0.1, -0.05) is 89.1 Å². The van der Waals surface area contributed by atoms with Crippen LogP contribution in [0.3, 0.4) is 0 Å². The summed E-state index contributed by atoms with van der Waals surface area (Å²) in [6.45, 7) is 8.35. The molecule has 2 aromatic carbocycles. The molecule has 3 rings (SSSR count). The first-order valence-electron chi connectivity index (χ1n) is 20.5. The molecule has 0 aliphatic carbocycles. The van der Waals surface area contributed by atoms with Crippen LogP contribution >= 0.6 is 0 Å². The number of carboxylic acid groups (broad SMARTS) is 2. The minimum Gasteiger partial charge on any atom is -0.481 e. The van der Waals surface area contributed by atoms with Crippen LogP contribution in [0.5, 0.6) is 0 Å². The van der Waals surface area contributed by atoms with Crippen LogP contribution in [0.1, 0.15) is 77.8 Å². The predicted octanol–water partition coefficient (Wildman–Crippen LogP) is 1.27. The zero-order chi connectivity index (χ0) is 45.2. The van der Waals surface area contributed by atoms with Gasteiger partial charge in [-0.25, -0.2) is 4.79 Å². The quantitative estimate of drug-likeness (QED) is 0.0542. The lowest BCUT2D eigenvalue weighted by atomic mass is 9.94. The second-order valence-electron chi connectivity index (χ2n) is 15.3. The van der Waals surface area contributed by atoms with Gasteiger partial charge in [-0.05, 0) is 41.9 Å². The Morgan fingerprint density at radius 1 is 0.672 bits per heavy atom. The molecule has 0 radical (unpaired) electrons. The Balaban J connectivity index is 1.65. The molecule has 8 atom stereocenters. The average molecular weight is 849 g/mol. The third-order valence-electron chi connectivity index (χ3n) is 10.6. The number of carbonyl (C=O) groups is 8. The fourth-order valence-electron chi connectivity index (χ4n) is 6.64. The summed E-state index contributed by atoms with van der Waals surface area (Å²) >= 11 is 0. The van der Waals surface area contributed by atoms with Crippen molar-refractivity contribution in [3.63, 3.8) is 0 Å². The lowest BCUT2D eigenvalue weighted by Crippen LogP contribution is -2.61. The summed E-state index contributed by atoms with van der Waals surface area (Å²) in [7, 11) is 0. The number of hydrogen-bond acceptors (Lipinski definition) is 9. The van der Waals surface area contributed by atoms with E-state index in [0.717, 1.165) is 16.5 Å². The Hall–Kier alpha value is -6.30. The number of para-hydroxylation sites is 1. The number of aromatic amines is 1. The number of nitrogens with two attached hydrogens (primary N) is 1. The van der Waals surface area contributed by atoms with Crippen molar-refractivity contribution in [3.8, 4) is 0 Å². The third kappa shape index (κ3) is 15.3. The Morgan fingerprint density at radius 3 is 1.84 bits per heavy atom. The lowest BCUT2D eigenvalue weighted by Gasteiger charge is -2.30. The van der Waals surface area contributed by atoms with Gasteiger partial charge < -0.3 is 52.8 Å². The highest BCUT2D eigenvalue weighted by Crippen LogP contribution is 2.20. The molecule has 18 heteroatoms. The molecule has 11 N–H and O–H groups in total. The fraction of sp³-hybridized carbons (Fsp3) is 0.488. The highest BCUT2D eigenvalue weighted by molar-refractivity contribution is 5.97. The predicted molar refractivity (Wildman–Crippen MR) is 226 cm³/mol. The van der Waals surface area contributed by atoms with E-state index in [4.69, 9.17) is 5.73 Å². The van der Waals surface area contributed by atoms with Crippen LogP contribution in [-0.4, -0.2) is 105 Å². The monoisotopic (exact) mass is 848 g/mol.